The SMILES string of the molecule is COCCn1c(Cc2cc(F)c(-c3cccc(=O)[nH]3)cc2F)nc2ccc(C(C)(C)C)cc21. The Morgan fingerprint density at radius 2 is 1.85 bits per heavy atom. The normalized spacial score (nSPS) is 11.9. The minimum Gasteiger partial charge on any atom is -0.383 e. The van der Waals surface area contributed by atoms with E-state index >= 15 is 4.39 Å². The van der Waals surface area contributed by atoms with Gasteiger partial charge in [-0.15, -0.1) is 0 Å². The third kappa shape index (κ3) is 4.73. The van der Waals surface area contributed by atoms with E-state index in [2.05, 4.69) is 37.9 Å². The van der Waals surface area contributed by atoms with E-state index in [9.17, 15) is 9.18 Å². The van der Waals surface area contributed by atoms with Crippen molar-refractivity contribution in [3.05, 3.63) is 87.5 Å². The first-order valence-corrected chi connectivity index (χ1v) is 10.8. The number of pyridine rings is 1. The smallest absolute Gasteiger partial charge is 0.248 e. The maximum Gasteiger partial charge on any atom is 0.248 e. The highest BCUT2D eigenvalue weighted by Gasteiger charge is 2.19. The predicted molar refractivity (Wildman–Crippen MR) is 126 cm³/mol. The van der Waals surface area contributed by atoms with E-state index in [1.165, 1.54) is 29.8 Å². The number of aromatic nitrogens is 3. The molecule has 0 bridgehead atoms. The number of hydrogen-bond acceptors (Lipinski definition) is 3. The monoisotopic (exact) mass is 451 g/mol. The van der Waals surface area contributed by atoms with Crippen molar-refractivity contribution in [1.82, 2.24) is 14.5 Å². The van der Waals surface area contributed by atoms with Gasteiger partial charge in [0.05, 0.1) is 23.3 Å². The van der Waals surface area contributed by atoms with Gasteiger partial charge in [-0.1, -0.05) is 32.9 Å². The molecule has 0 aliphatic carbocycles. The van der Waals surface area contributed by atoms with E-state index < -0.39 is 11.6 Å². The Morgan fingerprint density at radius 1 is 1.06 bits per heavy atom. The standard InChI is InChI=1S/C26H27F2N3O2/c1-26(2,3)17-8-9-22-23(14-17)31(10-11-33-4)24(29-22)13-16-12-20(28)18(15-19(16)27)21-6-5-7-25(32)30-21/h5-9,12,14-15H,10-11,13H2,1-4H3,(H,30,32). The molecule has 0 spiro atoms. The zero-order valence-corrected chi connectivity index (χ0v) is 19.2. The summed E-state index contributed by atoms with van der Waals surface area (Å²) < 4.78 is 37.2. The number of benzene rings is 2. The van der Waals surface area contributed by atoms with Crippen molar-refractivity contribution < 1.29 is 13.5 Å². The van der Waals surface area contributed by atoms with Crippen LogP contribution in [0.2, 0.25) is 0 Å². The number of ether oxygens (including phenoxy) is 1. The lowest BCUT2D eigenvalue weighted by Gasteiger charge is -2.19. The molecule has 0 saturated carbocycles. The van der Waals surface area contributed by atoms with Gasteiger partial charge in [-0.2, -0.15) is 0 Å². The van der Waals surface area contributed by atoms with Gasteiger partial charge in [-0.3, -0.25) is 4.79 Å². The zero-order chi connectivity index (χ0) is 23.8. The Balaban J connectivity index is 1.76. The molecule has 0 aliphatic rings. The van der Waals surface area contributed by atoms with E-state index in [-0.39, 0.29) is 34.2 Å². The van der Waals surface area contributed by atoms with Crippen LogP contribution in [0.15, 0.2) is 53.3 Å². The fourth-order valence-electron chi connectivity index (χ4n) is 3.91. The molecule has 0 atom stereocenters. The van der Waals surface area contributed by atoms with Gasteiger partial charge in [0, 0.05) is 31.7 Å². The summed E-state index contributed by atoms with van der Waals surface area (Å²) >= 11 is 0. The number of rotatable bonds is 6. The molecule has 2 aromatic carbocycles. The van der Waals surface area contributed by atoms with E-state index in [4.69, 9.17) is 9.72 Å². The lowest BCUT2D eigenvalue weighted by molar-refractivity contribution is 0.187. The summed E-state index contributed by atoms with van der Waals surface area (Å²) in [5.41, 5.74) is 2.93. The molecule has 0 fully saturated rings. The maximum atomic E-state index is 15.0. The summed E-state index contributed by atoms with van der Waals surface area (Å²) in [6.07, 6.45) is 0.123. The van der Waals surface area contributed by atoms with Gasteiger partial charge in [0.15, 0.2) is 0 Å². The predicted octanol–water partition coefficient (Wildman–Crippen LogP) is 5.20. The Hall–Kier alpha value is -3.32. The molecule has 0 saturated heterocycles. The van der Waals surface area contributed by atoms with Gasteiger partial charge < -0.3 is 14.3 Å². The number of nitrogens with zero attached hydrogens (tertiary/aromatic N) is 2. The molecule has 0 radical (unpaired) electrons. The minimum atomic E-state index is -0.608. The number of imidazole rings is 1. The molecule has 2 heterocycles. The quantitative estimate of drug-likeness (QED) is 0.438. The first-order valence-electron chi connectivity index (χ1n) is 10.8. The first kappa shape index (κ1) is 22.9. The molecule has 33 heavy (non-hydrogen) atoms. The number of fused-ring (bicyclic) bond motifs is 1. The van der Waals surface area contributed by atoms with Crippen LogP contribution in [0.5, 0.6) is 0 Å². The number of hydrogen-bond donors (Lipinski definition) is 1. The summed E-state index contributed by atoms with van der Waals surface area (Å²) in [6.45, 7) is 7.44. The summed E-state index contributed by atoms with van der Waals surface area (Å²) in [5, 5.41) is 0. The van der Waals surface area contributed by atoms with E-state index in [1.807, 2.05) is 10.6 Å². The number of nitrogens with one attached hydrogen (secondary N) is 1. The number of halogens is 2. The molecule has 7 heteroatoms. The first-order chi connectivity index (χ1) is 15.7. The molecule has 172 valence electrons. The van der Waals surface area contributed by atoms with Crippen LogP contribution < -0.4 is 5.56 Å². The largest absolute Gasteiger partial charge is 0.383 e. The lowest BCUT2D eigenvalue weighted by atomic mass is 9.87. The van der Waals surface area contributed by atoms with Crippen molar-refractivity contribution in [3.8, 4) is 11.3 Å². The van der Waals surface area contributed by atoms with Crippen LogP contribution in [0.3, 0.4) is 0 Å². The highest BCUT2D eigenvalue weighted by molar-refractivity contribution is 5.77. The average molecular weight is 452 g/mol. The molecule has 2 aromatic heterocycles. The van der Waals surface area contributed by atoms with Crippen LogP contribution in [0.1, 0.15) is 37.7 Å². The molecule has 5 nitrogen and oxygen atoms in total. The molecule has 4 aromatic rings. The second kappa shape index (κ2) is 8.90. The molecular weight excluding hydrogens is 424 g/mol. The Kier molecular flexibility index (Phi) is 6.17. The van der Waals surface area contributed by atoms with E-state index in [0.717, 1.165) is 17.1 Å². The Bertz CT molecular complexity index is 1370. The van der Waals surface area contributed by atoms with Gasteiger partial charge in [0.2, 0.25) is 5.56 Å². The fraction of sp³-hybridized carbons (Fsp3) is 0.308. The summed E-state index contributed by atoms with van der Waals surface area (Å²) in [4.78, 5) is 18.8. The number of aromatic amines is 1. The van der Waals surface area contributed by atoms with Crippen LogP contribution in [0.25, 0.3) is 22.3 Å². The summed E-state index contributed by atoms with van der Waals surface area (Å²) in [6, 6.07) is 12.8. The fourth-order valence-corrected chi connectivity index (χ4v) is 3.91. The van der Waals surface area contributed by atoms with Gasteiger partial charge in [-0.25, -0.2) is 13.8 Å². The van der Waals surface area contributed by atoms with Crippen LogP contribution in [-0.2, 0) is 23.1 Å². The molecule has 1 N–H and O–H groups in total. The van der Waals surface area contributed by atoms with Gasteiger partial charge >= 0.3 is 0 Å². The van der Waals surface area contributed by atoms with Crippen LogP contribution in [-0.4, -0.2) is 28.3 Å². The molecule has 0 aliphatic heterocycles. The van der Waals surface area contributed by atoms with Crippen molar-refractivity contribution in [2.75, 3.05) is 13.7 Å². The Morgan fingerprint density at radius 3 is 2.55 bits per heavy atom. The van der Waals surface area contributed by atoms with Crippen molar-refractivity contribution in [1.29, 1.82) is 0 Å². The van der Waals surface area contributed by atoms with Crippen LogP contribution >= 0.6 is 0 Å². The highest BCUT2D eigenvalue weighted by Crippen LogP contribution is 2.29. The highest BCUT2D eigenvalue weighted by atomic mass is 19.1. The molecule has 0 amide bonds. The van der Waals surface area contributed by atoms with Crippen LogP contribution in [0, 0.1) is 11.6 Å². The van der Waals surface area contributed by atoms with E-state index in [0.29, 0.717) is 19.0 Å². The van der Waals surface area contributed by atoms with Crippen molar-refractivity contribution in [2.24, 2.45) is 0 Å². The Labute approximate surface area is 191 Å². The molecule has 0 unspecified atom stereocenters. The van der Waals surface area contributed by atoms with Gasteiger partial charge in [0.1, 0.15) is 17.5 Å². The second-order valence-electron chi connectivity index (χ2n) is 9.15. The van der Waals surface area contributed by atoms with Gasteiger partial charge in [-0.05, 0) is 46.9 Å². The third-order valence-corrected chi connectivity index (χ3v) is 5.76. The van der Waals surface area contributed by atoms with Crippen molar-refractivity contribution in [3.63, 3.8) is 0 Å². The lowest BCUT2D eigenvalue weighted by Crippen LogP contribution is -2.12. The van der Waals surface area contributed by atoms with E-state index in [1.54, 1.807) is 7.11 Å². The van der Waals surface area contributed by atoms with Crippen molar-refractivity contribution >= 4 is 11.0 Å². The average Bonchev–Trinajstić information content (AvgIpc) is 3.10. The number of methoxy groups -OCH3 is 1. The summed E-state index contributed by atoms with van der Waals surface area (Å²) in [5.74, 6) is -0.535. The molecule has 4 rings (SSSR count). The second-order valence-corrected chi connectivity index (χ2v) is 9.15. The molecular formula is C26H27F2N3O2. The number of H-pyrrole nitrogens is 1. The maximum absolute atomic E-state index is 15.0. The van der Waals surface area contributed by atoms with Gasteiger partial charge in [0.25, 0.3) is 0 Å². The minimum absolute atomic E-state index is 0.0108. The van der Waals surface area contributed by atoms with Crippen molar-refractivity contribution in [2.45, 2.75) is 39.2 Å². The third-order valence-electron chi connectivity index (χ3n) is 5.76. The topological polar surface area (TPSA) is 59.9 Å². The zero-order valence-electron chi connectivity index (χ0n) is 19.2. The van der Waals surface area contributed by atoms with Crippen LogP contribution in [0.4, 0.5) is 8.78 Å². The summed E-state index contributed by atoms with van der Waals surface area (Å²) in [7, 11) is 1.63.